The highest BCUT2D eigenvalue weighted by atomic mass is 35.5. The molecule has 0 radical (unpaired) electrons. The summed E-state index contributed by atoms with van der Waals surface area (Å²) in [5.74, 6) is -0.985. The molecule has 0 spiro atoms. The lowest BCUT2D eigenvalue weighted by Gasteiger charge is -2.05. The summed E-state index contributed by atoms with van der Waals surface area (Å²) in [7, 11) is -3.69. The molecule has 0 fully saturated rings. The molecule has 4 nitrogen and oxygen atoms in total. The monoisotopic (exact) mass is 442 g/mol. The number of halogens is 1. The van der Waals surface area contributed by atoms with Crippen LogP contribution in [0.1, 0.15) is 27.0 Å². The minimum Gasteiger partial charge on any atom is -0.298 e. The molecule has 2 aromatic carbocycles. The van der Waals surface area contributed by atoms with Crippen LogP contribution in [0.2, 0.25) is 4.34 Å². The second-order valence-corrected chi connectivity index (χ2v) is 10.6. The van der Waals surface area contributed by atoms with Crippen LogP contribution in [0.15, 0.2) is 64.9 Å². The van der Waals surface area contributed by atoms with E-state index in [1.165, 1.54) is 12.1 Å². The second kappa shape index (κ2) is 7.71. The number of carbonyl (C=O) groups is 2. The Balaban J connectivity index is 1.45. The lowest BCUT2D eigenvalue weighted by molar-refractivity contribution is -0.116. The zero-order valence-corrected chi connectivity index (χ0v) is 17.5. The smallest absolute Gasteiger partial charge is 0.194 e. The maximum absolute atomic E-state index is 12.6. The van der Waals surface area contributed by atoms with E-state index in [9.17, 15) is 18.0 Å². The van der Waals surface area contributed by atoms with Crippen molar-refractivity contribution < 1.29 is 18.0 Å². The lowest BCUT2D eigenvalue weighted by Crippen LogP contribution is -2.17. The molecule has 1 aromatic heterocycles. The molecular formula is C22H15ClO4S2. The molecule has 0 aliphatic heterocycles. The molecule has 29 heavy (non-hydrogen) atoms. The molecule has 7 heteroatoms. The van der Waals surface area contributed by atoms with Crippen LogP contribution < -0.4 is 0 Å². The van der Waals surface area contributed by atoms with Crippen LogP contribution in [0.25, 0.3) is 11.6 Å². The van der Waals surface area contributed by atoms with Crippen LogP contribution in [0.4, 0.5) is 0 Å². The van der Waals surface area contributed by atoms with E-state index in [1.54, 1.807) is 30.3 Å². The molecule has 1 heterocycles. The topological polar surface area (TPSA) is 68.3 Å². The molecule has 4 rings (SSSR count). The first-order valence-electron chi connectivity index (χ1n) is 8.78. The van der Waals surface area contributed by atoms with Crippen LogP contribution in [0, 0.1) is 0 Å². The lowest BCUT2D eigenvalue weighted by atomic mass is 10.00. The number of allylic oxidation sites excluding steroid dienone is 1. The van der Waals surface area contributed by atoms with Crippen molar-refractivity contribution in [2.45, 2.75) is 10.6 Å². The molecule has 146 valence electrons. The maximum atomic E-state index is 12.6. The Morgan fingerprint density at radius 3 is 2.34 bits per heavy atom. The minimum absolute atomic E-state index is 0.00579. The minimum atomic E-state index is -3.69. The molecule has 0 atom stereocenters. The fraction of sp³-hybridized carbons (Fsp3) is 0.0909. The van der Waals surface area contributed by atoms with Gasteiger partial charge in [0, 0.05) is 17.6 Å². The van der Waals surface area contributed by atoms with Crippen molar-refractivity contribution in [3.05, 3.63) is 87.3 Å². The predicted molar refractivity (Wildman–Crippen MR) is 115 cm³/mol. The van der Waals surface area contributed by atoms with Crippen molar-refractivity contribution in [2.75, 3.05) is 5.75 Å². The highest BCUT2D eigenvalue weighted by Crippen LogP contribution is 2.31. The number of hydrogen-bond acceptors (Lipinski definition) is 5. The molecule has 3 aromatic rings. The van der Waals surface area contributed by atoms with E-state index in [-0.39, 0.29) is 16.4 Å². The summed E-state index contributed by atoms with van der Waals surface area (Å²) in [4.78, 5) is 24.8. The normalized spacial score (nSPS) is 13.3. The molecule has 0 N–H and O–H groups in total. The first-order chi connectivity index (χ1) is 13.8. The van der Waals surface area contributed by atoms with Gasteiger partial charge in [-0.15, -0.1) is 11.3 Å². The molecule has 0 amide bonds. The predicted octanol–water partition coefficient (Wildman–Crippen LogP) is 4.72. The molecule has 0 saturated carbocycles. The first-order valence-corrected chi connectivity index (χ1v) is 11.6. The number of hydrogen-bond donors (Lipinski definition) is 0. The zero-order valence-electron chi connectivity index (χ0n) is 15.1. The highest BCUT2D eigenvalue weighted by Gasteiger charge is 2.24. The van der Waals surface area contributed by atoms with Gasteiger partial charge in [-0.05, 0) is 34.9 Å². The average Bonchev–Trinajstić information content (AvgIpc) is 3.27. The van der Waals surface area contributed by atoms with Crippen molar-refractivity contribution in [3.8, 4) is 0 Å². The summed E-state index contributed by atoms with van der Waals surface area (Å²) < 4.78 is 25.1. The van der Waals surface area contributed by atoms with E-state index >= 15 is 0 Å². The molecule has 0 bridgehead atoms. The van der Waals surface area contributed by atoms with Gasteiger partial charge in [0.25, 0.3) is 0 Å². The third-order valence-electron chi connectivity index (χ3n) is 4.62. The Morgan fingerprint density at radius 1 is 0.966 bits per heavy atom. The van der Waals surface area contributed by atoms with Gasteiger partial charge in [0.2, 0.25) is 0 Å². The Hall–Kier alpha value is -2.54. The van der Waals surface area contributed by atoms with Crippen LogP contribution in [0.5, 0.6) is 0 Å². The number of benzene rings is 2. The fourth-order valence-electron chi connectivity index (χ4n) is 3.24. The van der Waals surface area contributed by atoms with Gasteiger partial charge in [-0.2, -0.15) is 0 Å². The summed E-state index contributed by atoms with van der Waals surface area (Å²) in [6.07, 6.45) is 1.86. The van der Waals surface area contributed by atoms with Gasteiger partial charge in [0.1, 0.15) is 9.96 Å². The Morgan fingerprint density at radius 2 is 1.69 bits per heavy atom. The Bertz CT molecular complexity index is 1250. The number of ketones is 2. The number of Topliss-reactive ketones (excluding diaryl/α,β-unsaturated/α-hetero) is 2. The van der Waals surface area contributed by atoms with E-state index in [4.69, 9.17) is 11.6 Å². The summed E-state index contributed by atoms with van der Waals surface area (Å²) >= 11 is 6.72. The molecule has 0 unspecified atom stereocenters. The SMILES string of the molecule is O=C(Cc1ccc(C2=Cc3ccccc3C2=O)cc1)CS(=O)(=O)c1ccc(Cl)s1. The molecular weight excluding hydrogens is 428 g/mol. The van der Waals surface area contributed by atoms with Gasteiger partial charge in [0.05, 0.1) is 4.34 Å². The van der Waals surface area contributed by atoms with Crippen molar-refractivity contribution in [1.29, 1.82) is 0 Å². The van der Waals surface area contributed by atoms with Crippen molar-refractivity contribution in [3.63, 3.8) is 0 Å². The summed E-state index contributed by atoms with van der Waals surface area (Å²) in [5, 5.41) is 0. The highest BCUT2D eigenvalue weighted by molar-refractivity contribution is 7.94. The van der Waals surface area contributed by atoms with E-state index in [1.807, 2.05) is 24.3 Å². The number of carbonyl (C=O) groups excluding carboxylic acids is 2. The maximum Gasteiger partial charge on any atom is 0.194 e. The quantitative estimate of drug-likeness (QED) is 0.553. The van der Waals surface area contributed by atoms with Gasteiger partial charge in [0.15, 0.2) is 21.4 Å². The van der Waals surface area contributed by atoms with Crippen molar-refractivity contribution in [1.82, 2.24) is 0 Å². The van der Waals surface area contributed by atoms with Gasteiger partial charge < -0.3 is 0 Å². The number of rotatable bonds is 6. The average molecular weight is 443 g/mol. The van der Waals surface area contributed by atoms with Gasteiger partial charge in [-0.3, -0.25) is 9.59 Å². The van der Waals surface area contributed by atoms with Gasteiger partial charge in [-0.1, -0.05) is 60.1 Å². The summed E-state index contributed by atoms with van der Waals surface area (Å²) in [5.41, 5.74) is 3.65. The molecule has 1 aliphatic carbocycles. The zero-order chi connectivity index (χ0) is 20.6. The number of sulfone groups is 1. The van der Waals surface area contributed by atoms with Gasteiger partial charge >= 0.3 is 0 Å². The fourth-order valence-corrected chi connectivity index (χ4v) is 6.05. The number of fused-ring (bicyclic) bond motifs is 1. The van der Waals surface area contributed by atoms with Crippen molar-refractivity contribution >= 4 is 56.0 Å². The van der Waals surface area contributed by atoms with E-state index in [2.05, 4.69) is 0 Å². The van der Waals surface area contributed by atoms with Crippen LogP contribution in [-0.2, 0) is 21.1 Å². The van der Waals surface area contributed by atoms with E-state index < -0.39 is 21.4 Å². The van der Waals surface area contributed by atoms with Gasteiger partial charge in [-0.25, -0.2) is 8.42 Å². The van der Waals surface area contributed by atoms with E-state index in [0.29, 0.717) is 21.0 Å². The summed E-state index contributed by atoms with van der Waals surface area (Å²) in [6, 6.07) is 17.4. The van der Waals surface area contributed by atoms with Crippen LogP contribution in [-0.4, -0.2) is 25.7 Å². The van der Waals surface area contributed by atoms with Crippen LogP contribution >= 0.6 is 22.9 Å². The Labute approximate surface area is 177 Å². The molecule has 1 aliphatic rings. The largest absolute Gasteiger partial charge is 0.298 e. The third-order valence-corrected chi connectivity index (χ3v) is 8.11. The third kappa shape index (κ3) is 4.10. The molecule has 0 saturated heterocycles. The first kappa shape index (κ1) is 19.8. The standard InChI is InChI=1S/C22H15ClO4S2/c23-20-9-10-21(28-20)29(26,27)13-17(24)11-14-5-7-15(8-6-14)19-12-16-3-1-2-4-18(16)22(19)25/h1-10,12H,11,13H2. The second-order valence-electron chi connectivity index (χ2n) is 6.70. The summed E-state index contributed by atoms with van der Waals surface area (Å²) in [6.45, 7) is 0. The Kier molecular flexibility index (Phi) is 5.25. The van der Waals surface area contributed by atoms with E-state index in [0.717, 1.165) is 22.5 Å². The number of thiophene rings is 1. The van der Waals surface area contributed by atoms with Crippen LogP contribution in [0.3, 0.4) is 0 Å². The van der Waals surface area contributed by atoms with Crippen molar-refractivity contribution in [2.24, 2.45) is 0 Å².